The molecular weight excluding hydrogens is 370 g/mol. The third-order valence-electron chi connectivity index (χ3n) is 4.22. The molecule has 2 heterocycles. The number of carbonyl (C=O) groups is 3. The highest BCUT2D eigenvalue weighted by molar-refractivity contribution is 7.81. The number of hydroxylamine groups is 2. The molecular formula is C14H23N3O8S. The van der Waals surface area contributed by atoms with Crippen molar-refractivity contribution in [2.24, 2.45) is 11.1 Å². The van der Waals surface area contributed by atoms with Crippen LogP contribution < -0.4 is 5.73 Å². The lowest BCUT2D eigenvalue weighted by Crippen LogP contribution is -2.47. The lowest BCUT2D eigenvalue weighted by atomic mass is 9.95. The lowest BCUT2D eigenvalue weighted by Gasteiger charge is -2.27. The fourth-order valence-corrected chi connectivity index (χ4v) is 3.61. The number of piperidine rings is 1. The third-order valence-corrected chi connectivity index (χ3v) is 4.96. The number of esters is 1. The highest BCUT2D eigenvalue weighted by Gasteiger charge is 2.49. The van der Waals surface area contributed by atoms with E-state index in [0.717, 1.165) is 0 Å². The van der Waals surface area contributed by atoms with Crippen LogP contribution in [-0.4, -0.2) is 68.1 Å². The van der Waals surface area contributed by atoms with Crippen molar-refractivity contribution in [3.05, 3.63) is 0 Å². The summed E-state index contributed by atoms with van der Waals surface area (Å²) in [5.74, 6) is -1.28. The van der Waals surface area contributed by atoms with Crippen LogP contribution in [0.15, 0.2) is 0 Å². The standard InChI is InChI=1S/C14H23N3O8S/c1-4-23-12(19)14(2,3)8-24-26(21,22)25-17-9-5-6-10(11(15)18)16(7-9)13(17)20/h9-10H,4-8H2,1-3H3,(H2,15,18)/t9?,10-/m1/s1. The van der Waals surface area contributed by atoms with Gasteiger partial charge in [-0.3, -0.25) is 9.59 Å². The number of carbonyl (C=O) groups excluding carboxylic acids is 3. The van der Waals surface area contributed by atoms with E-state index in [1.165, 1.54) is 18.7 Å². The van der Waals surface area contributed by atoms with Crippen LogP contribution in [0.3, 0.4) is 0 Å². The number of nitrogens with two attached hydrogens (primary N) is 1. The minimum atomic E-state index is -4.60. The molecule has 2 N–H and O–H groups in total. The first kappa shape index (κ1) is 20.4. The Kier molecular flexibility index (Phi) is 5.78. The van der Waals surface area contributed by atoms with E-state index in [1.54, 1.807) is 6.92 Å². The van der Waals surface area contributed by atoms with Crippen molar-refractivity contribution in [3.63, 3.8) is 0 Å². The first-order valence-corrected chi connectivity index (χ1v) is 9.47. The fraction of sp³-hybridized carbons (Fsp3) is 0.786. The maximum Gasteiger partial charge on any atom is 0.421 e. The molecule has 2 aliphatic rings. The van der Waals surface area contributed by atoms with E-state index in [0.29, 0.717) is 17.9 Å². The molecule has 0 aromatic rings. The Morgan fingerprint density at radius 2 is 1.96 bits per heavy atom. The minimum absolute atomic E-state index is 0.135. The van der Waals surface area contributed by atoms with Crippen LogP contribution in [0.25, 0.3) is 0 Å². The molecule has 1 unspecified atom stereocenters. The summed E-state index contributed by atoms with van der Waals surface area (Å²) in [6.07, 6.45) is 0.683. The predicted molar refractivity (Wildman–Crippen MR) is 86.3 cm³/mol. The molecule has 0 radical (unpaired) electrons. The molecule has 2 aliphatic heterocycles. The number of ether oxygens (including phenoxy) is 1. The predicted octanol–water partition coefficient (Wildman–Crippen LogP) is -0.477. The molecule has 11 nitrogen and oxygen atoms in total. The Labute approximate surface area is 151 Å². The van der Waals surface area contributed by atoms with Gasteiger partial charge in [0.15, 0.2) is 0 Å². The highest BCUT2D eigenvalue weighted by Crippen LogP contribution is 2.31. The quantitative estimate of drug-likeness (QED) is 0.544. The molecule has 2 atom stereocenters. The topological polar surface area (TPSA) is 146 Å². The summed E-state index contributed by atoms with van der Waals surface area (Å²) in [7, 11) is -4.60. The number of urea groups is 1. The van der Waals surface area contributed by atoms with E-state index in [2.05, 4.69) is 0 Å². The minimum Gasteiger partial charge on any atom is -0.466 e. The average molecular weight is 393 g/mol. The number of amides is 3. The molecule has 12 heteroatoms. The smallest absolute Gasteiger partial charge is 0.421 e. The molecule has 0 saturated carbocycles. The summed E-state index contributed by atoms with van der Waals surface area (Å²) >= 11 is 0. The number of hydrogen-bond acceptors (Lipinski definition) is 8. The van der Waals surface area contributed by atoms with Crippen molar-refractivity contribution in [1.29, 1.82) is 0 Å². The molecule has 26 heavy (non-hydrogen) atoms. The van der Waals surface area contributed by atoms with Gasteiger partial charge in [0.1, 0.15) is 6.04 Å². The van der Waals surface area contributed by atoms with Gasteiger partial charge in [0.05, 0.1) is 24.7 Å². The molecule has 0 aliphatic carbocycles. The van der Waals surface area contributed by atoms with Gasteiger partial charge >= 0.3 is 22.4 Å². The summed E-state index contributed by atoms with van der Waals surface area (Å²) in [4.78, 5) is 36.6. The number of rotatable bonds is 8. The number of primary amides is 1. The average Bonchev–Trinajstić information content (AvgIpc) is 2.78. The number of nitrogens with zero attached hydrogens (tertiary/aromatic N) is 2. The largest absolute Gasteiger partial charge is 0.466 e. The van der Waals surface area contributed by atoms with Gasteiger partial charge in [0, 0.05) is 6.54 Å². The van der Waals surface area contributed by atoms with Crippen molar-refractivity contribution < 1.29 is 36.0 Å². The first-order chi connectivity index (χ1) is 12.0. The SMILES string of the molecule is CCOC(=O)C(C)(C)COS(=O)(=O)ON1C(=O)N2CC1CC[C@@H]2C(N)=O. The van der Waals surface area contributed by atoms with Crippen LogP contribution in [-0.2, 0) is 33.2 Å². The summed E-state index contributed by atoms with van der Waals surface area (Å²) in [6, 6.07) is -2.10. The first-order valence-electron chi connectivity index (χ1n) is 8.14. The van der Waals surface area contributed by atoms with Gasteiger partial charge in [0.25, 0.3) is 0 Å². The summed E-state index contributed by atoms with van der Waals surface area (Å²) in [5, 5.41) is 0.676. The second kappa shape index (κ2) is 7.37. The van der Waals surface area contributed by atoms with E-state index in [9.17, 15) is 22.8 Å². The van der Waals surface area contributed by atoms with Gasteiger partial charge in [-0.05, 0) is 33.6 Å². The number of hydrogen-bond donors (Lipinski definition) is 1. The van der Waals surface area contributed by atoms with E-state index >= 15 is 0 Å². The van der Waals surface area contributed by atoms with Crippen molar-refractivity contribution >= 4 is 28.3 Å². The van der Waals surface area contributed by atoms with Crippen molar-refractivity contribution in [3.8, 4) is 0 Å². The van der Waals surface area contributed by atoms with E-state index in [1.807, 2.05) is 0 Å². The lowest BCUT2D eigenvalue weighted by molar-refractivity contribution is -0.155. The molecule has 0 aromatic heterocycles. The van der Waals surface area contributed by atoms with Gasteiger partial charge in [-0.15, -0.1) is 4.28 Å². The molecule has 2 bridgehead atoms. The number of fused-ring (bicyclic) bond motifs is 2. The molecule has 0 aromatic carbocycles. The molecule has 0 spiro atoms. The maximum absolute atomic E-state index is 12.3. The molecule has 2 fully saturated rings. The normalized spacial score (nSPS) is 23.3. The molecule has 3 amide bonds. The van der Waals surface area contributed by atoms with Crippen LogP contribution >= 0.6 is 0 Å². The second-order valence-electron chi connectivity index (χ2n) is 6.76. The second-order valence-corrected chi connectivity index (χ2v) is 7.96. The third kappa shape index (κ3) is 4.24. The Bertz CT molecular complexity index is 692. The van der Waals surface area contributed by atoms with Crippen LogP contribution in [0, 0.1) is 5.41 Å². The zero-order valence-corrected chi connectivity index (χ0v) is 15.7. The summed E-state index contributed by atoms with van der Waals surface area (Å²) < 4.78 is 38.5. The zero-order chi connectivity index (χ0) is 19.7. The van der Waals surface area contributed by atoms with E-state index < -0.39 is 52.4 Å². The van der Waals surface area contributed by atoms with E-state index in [-0.39, 0.29) is 13.2 Å². The molecule has 148 valence electrons. The summed E-state index contributed by atoms with van der Waals surface area (Å²) in [5.41, 5.74) is 4.03. The Morgan fingerprint density at radius 1 is 1.31 bits per heavy atom. The van der Waals surface area contributed by atoms with Gasteiger partial charge in [0.2, 0.25) is 5.91 Å². The van der Waals surface area contributed by atoms with Crippen LogP contribution in [0.1, 0.15) is 33.6 Å². The Balaban J connectivity index is 2.00. The van der Waals surface area contributed by atoms with Gasteiger partial charge < -0.3 is 15.4 Å². The monoisotopic (exact) mass is 393 g/mol. The van der Waals surface area contributed by atoms with Gasteiger partial charge in [-0.1, -0.05) is 0 Å². The van der Waals surface area contributed by atoms with Crippen LogP contribution in [0.4, 0.5) is 4.79 Å². The van der Waals surface area contributed by atoms with E-state index in [4.69, 9.17) is 18.9 Å². The van der Waals surface area contributed by atoms with Crippen molar-refractivity contribution in [2.45, 2.75) is 45.7 Å². The Morgan fingerprint density at radius 3 is 2.54 bits per heavy atom. The summed E-state index contributed by atoms with van der Waals surface area (Å²) in [6.45, 7) is 4.30. The van der Waals surface area contributed by atoms with Crippen molar-refractivity contribution in [2.75, 3.05) is 19.8 Å². The molecule has 2 rings (SSSR count). The highest BCUT2D eigenvalue weighted by atomic mass is 32.3. The van der Waals surface area contributed by atoms with Crippen LogP contribution in [0.2, 0.25) is 0 Å². The fourth-order valence-electron chi connectivity index (χ4n) is 2.75. The van der Waals surface area contributed by atoms with Crippen molar-refractivity contribution in [1.82, 2.24) is 9.96 Å². The zero-order valence-electron chi connectivity index (χ0n) is 14.8. The van der Waals surface area contributed by atoms with Gasteiger partial charge in [-0.2, -0.15) is 13.5 Å². The van der Waals surface area contributed by atoms with Crippen LogP contribution in [0.5, 0.6) is 0 Å². The van der Waals surface area contributed by atoms with Gasteiger partial charge in [-0.25, -0.2) is 8.98 Å². The maximum atomic E-state index is 12.3. The Hall–Kier alpha value is -1.92. The molecule has 2 saturated heterocycles.